The average Bonchev–Trinajstić information content (AvgIpc) is 3.60. The highest BCUT2D eigenvalue weighted by atomic mass is 16.5. The highest BCUT2D eigenvalue weighted by Crippen LogP contribution is 2.31. The van der Waals surface area contributed by atoms with Crippen LogP contribution in [0.3, 0.4) is 0 Å². The van der Waals surface area contributed by atoms with Crippen molar-refractivity contribution in [2.24, 2.45) is 11.8 Å². The van der Waals surface area contributed by atoms with Crippen LogP contribution in [0.1, 0.15) is 50.4 Å². The van der Waals surface area contributed by atoms with Crippen LogP contribution in [0.5, 0.6) is 5.75 Å². The second kappa shape index (κ2) is 12.1. The van der Waals surface area contributed by atoms with Crippen LogP contribution in [0.4, 0.5) is 5.95 Å². The number of aromatic nitrogens is 4. The number of carbonyl (C=O) groups excluding carboxylic acids is 1. The fraction of sp³-hybridized carbons (Fsp3) is 0.406. The van der Waals surface area contributed by atoms with Crippen molar-refractivity contribution >= 4 is 11.9 Å². The standard InChI is InChI=1S/C32H37N5O4/c1-6-39-30(38)27-19-37(31-33-16-15-21(2)34-31)18-24(27)17-22-7-13-26(14-8-22)40-20-28-35-29(36-41-28)23-9-11-25(12-10-23)32(3,4)5/h7-16,24,27H,6,17-20H2,1-5H3/t24-,27+/m1/s1. The molecule has 3 heterocycles. The lowest BCUT2D eigenvalue weighted by molar-refractivity contribution is -0.148. The molecule has 2 aromatic carbocycles. The van der Waals surface area contributed by atoms with Crippen LogP contribution in [0.15, 0.2) is 65.3 Å². The van der Waals surface area contributed by atoms with E-state index in [1.54, 1.807) is 6.20 Å². The molecule has 0 unspecified atom stereocenters. The summed E-state index contributed by atoms with van der Waals surface area (Å²) in [4.78, 5) is 28.3. The predicted octanol–water partition coefficient (Wildman–Crippen LogP) is 5.57. The van der Waals surface area contributed by atoms with Crippen molar-refractivity contribution in [2.45, 2.75) is 53.1 Å². The second-order valence-electron chi connectivity index (χ2n) is 11.5. The lowest BCUT2D eigenvalue weighted by atomic mass is 9.87. The number of rotatable bonds is 9. The molecule has 0 saturated carbocycles. The molecular formula is C32H37N5O4. The fourth-order valence-corrected chi connectivity index (χ4v) is 5.07. The first kappa shape index (κ1) is 28.3. The van der Waals surface area contributed by atoms with Crippen molar-refractivity contribution in [3.8, 4) is 17.1 Å². The molecule has 1 saturated heterocycles. The van der Waals surface area contributed by atoms with E-state index in [2.05, 4.69) is 57.9 Å². The van der Waals surface area contributed by atoms with Crippen LogP contribution >= 0.6 is 0 Å². The van der Waals surface area contributed by atoms with Gasteiger partial charge in [0.1, 0.15) is 5.75 Å². The highest BCUT2D eigenvalue weighted by molar-refractivity contribution is 5.74. The van der Waals surface area contributed by atoms with Gasteiger partial charge in [-0.05, 0) is 60.9 Å². The summed E-state index contributed by atoms with van der Waals surface area (Å²) in [7, 11) is 0. The summed E-state index contributed by atoms with van der Waals surface area (Å²) in [6.07, 6.45) is 2.48. The Bertz CT molecular complexity index is 1460. The predicted molar refractivity (Wildman–Crippen MR) is 156 cm³/mol. The molecule has 41 heavy (non-hydrogen) atoms. The number of aryl methyl sites for hydroxylation is 1. The van der Waals surface area contributed by atoms with E-state index in [-0.39, 0.29) is 29.8 Å². The molecule has 0 radical (unpaired) electrons. The quantitative estimate of drug-likeness (QED) is 0.245. The SMILES string of the molecule is CCOC(=O)[C@H]1CN(c2nccc(C)n2)C[C@H]1Cc1ccc(OCc2nc(-c3ccc(C(C)(C)C)cc3)no2)cc1. The van der Waals surface area contributed by atoms with Crippen molar-refractivity contribution in [2.75, 3.05) is 24.6 Å². The summed E-state index contributed by atoms with van der Waals surface area (Å²) in [5.74, 6) is 1.97. The summed E-state index contributed by atoms with van der Waals surface area (Å²) in [6, 6.07) is 18.0. The summed E-state index contributed by atoms with van der Waals surface area (Å²) < 4.78 is 16.7. The topological polar surface area (TPSA) is 103 Å². The van der Waals surface area contributed by atoms with Gasteiger partial charge < -0.3 is 18.9 Å². The van der Waals surface area contributed by atoms with Gasteiger partial charge in [-0.25, -0.2) is 9.97 Å². The monoisotopic (exact) mass is 555 g/mol. The Kier molecular flexibility index (Phi) is 8.33. The first-order chi connectivity index (χ1) is 19.7. The van der Waals surface area contributed by atoms with Gasteiger partial charge in [-0.15, -0.1) is 0 Å². The van der Waals surface area contributed by atoms with Crippen molar-refractivity contribution in [3.63, 3.8) is 0 Å². The first-order valence-electron chi connectivity index (χ1n) is 14.1. The summed E-state index contributed by atoms with van der Waals surface area (Å²) >= 11 is 0. The second-order valence-corrected chi connectivity index (χ2v) is 11.5. The molecule has 4 aromatic rings. The van der Waals surface area contributed by atoms with Crippen LogP contribution < -0.4 is 9.64 Å². The maximum atomic E-state index is 12.8. The Hall–Kier alpha value is -4.27. The Morgan fingerprint density at radius 1 is 1.02 bits per heavy atom. The lowest BCUT2D eigenvalue weighted by Crippen LogP contribution is -2.27. The van der Waals surface area contributed by atoms with Crippen molar-refractivity contribution in [1.82, 2.24) is 20.1 Å². The molecule has 0 spiro atoms. The normalized spacial score (nSPS) is 17.0. The van der Waals surface area contributed by atoms with Crippen molar-refractivity contribution in [3.05, 3.63) is 83.5 Å². The molecule has 9 heteroatoms. The number of esters is 1. The number of benzene rings is 2. The van der Waals surface area contributed by atoms with Gasteiger partial charge in [0.05, 0.1) is 12.5 Å². The molecule has 1 fully saturated rings. The Morgan fingerprint density at radius 3 is 2.46 bits per heavy atom. The van der Waals surface area contributed by atoms with Crippen LogP contribution in [0.2, 0.25) is 0 Å². The van der Waals surface area contributed by atoms with Gasteiger partial charge in [0.2, 0.25) is 11.8 Å². The van der Waals surface area contributed by atoms with E-state index in [0.717, 1.165) is 23.2 Å². The molecule has 1 aliphatic heterocycles. The van der Waals surface area contributed by atoms with Crippen LogP contribution in [-0.2, 0) is 28.0 Å². The maximum absolute atomic E-state index is 12.8. The van der Waals surface area contributed by atoms with E-state index >= 15 is 0 Å². The molecular weight excluding hydrogens is 518 g/mol. The Morgan fingerprint density at radius 2 is 1.78 bits per heavy atom. The van der Waals surface area contributed by atoms with E-state index in [0.29, 0.717) is 43.1 Å². The molecule has 2 aromatic heterocycles. The molecule has 2 atom stereocenters. The van der Waals surface area contributed by atoms with Gasteiger partial charge in [-0.1, -0.05) is 62.3 Å². The van der Waals surface area contributed by atoms with E-state index in [4.69, 9.17) is 14.0 Å². The summed E-state index contributed by atoms with van der Waals surface area (Å²) in [5, 5.41) is 4.11. The lowest BCUT2D eigenvalue weighted by Gasteiger charge is -2.18. The molecule has 1 aliphatic rings. The zero-order valence-electron chi connectivity index (χ0n) is 24.3. The van der Waals surface area contributed by atoms with Gasteiger partial charge in [0.25, 0.3) is 5.89 Å². The number of hydrogen-bond donors (Lipinski definition) is 0. The minimum Gasteiger partial charge on any atom is -0.484 e. The van der Waals surface area contributed by atoms with Crippen molar-refractivity contribution in [1.29, 1.82) is 0 Å². The van der Waals surface area contributed by atoms with Gasteiger partial charge in [0, 0.05) is 30.5 Å². The van der Waals surface area contributed by atoms with Gasteiger partial charge in [-0.2, -0.15) is 4.98 Å². The third-order valence-electron chi connectivity index (χ3n) is 7.36. The minimum atomic E-state index is -0.244. The number of nitrogens with zero attached hydrogens (tertiary/aromatic N) is 5. The van der Waals surface area contributed by atoms with Crippen LogP contribution in [0.25, 0.3) is 11.4 Å². The maximum Gasteiger partial charge on any atom is 0.311 e. The van der Waals surface area contributed by atoms with E-state index in [1.165, 1.54) is 5.56 Å². The number of hydrogen-bond acceptors (Lipinski definition) is 9. The van der Waals surface area contributed by atoms with E-state index < -0.39 is 0 Å². The molecule has 9 nitrogen and oxygen atoms in total. The van der Waals surface area contributed by atoms with Crippen LogP contribution in [0, 0.1) is 18.8 Å². The third-order valence-corrected chi connectivity index (χ3v) is 7.36. The molecule has 0 N–H and O–H groups in total. The zero-order valence-corrected chi connectivity index (χ0v) is 24.3. The number of anilines is 1. The smallest absolute Gasteiger partial charge is 0.311 e. The zero-order chi connectivity index (χ0) is 29.0. The number of carbonyl (C=O) groups is 1. The Balaban J connectivity index is 1.19. The van der Waals surface area contributed by atoms with Gasteiger partial charge in [0.15, 0.2) is 6.61 Å². The highest BCUT2D eigenvalue weighted by Gasteiger charge is 2.39. The number of ether oxygens (including phenoxy) is 2. The molecule has 0 bridgehead atoms. The largest absolute Gasteiger partial charge is 0.484 e. The summed E-state index contributed by atoms with van der Waals surface area (Å²) in [6.45, 7) is 12.1. The van der Waals surface area contributed by atoms with E-state index in [1.807, 2.05) is 56.3 Å². The Labute approximate surface area is 240 Å². The molecule has 5 rings (SSSR count). The molecule has 0 aliphatic carbocycles. The van der Waals surface area contributed by atoms with Crippen LogP contribution in [-0.4, -0.2) is 45.8 Å². The third kappa shape index (κ3) is 6.90. The van der Waals surface area contributed by atoms with E-state index in [9.17, 15) is 4.79 Å². The minimum absolute atomic E-state index is 0.0826. The first-order valence-corrected chi connectivity index (χ1v) is 14.1. The molecule has 214 valence electrons. The summed E-state index contributed by atoms with van der Waals surface area (Å²) in [5.41, 5.74) is 4.24. The van der Waals surface area contributed by atoms with Gasteiger partial charge in [-0.3, -0.25) is 4.79 Å². The average molecular weight is 556 g/mol. The van der Waals surface area contributed by atoms with Crippen molar-refractivity contribution < 1.29 is 18.8 Å². The van der Waals surface area contributed by atoms with Gasteiger partial charge >= 0.3 is 5.97 Å². The fourth-order valence-electron chi connectivity index (χ4n) is 5.07. The molecule has 0 amide bonds.